The number of aromatic nitrogens is 1. The van der Waals surface area contributed by atoms with Gasteiger partial charge in [0, 0.05) is 7.05 Å². The predicted octanol–water partition coefficient (Wildman–Crippen LogP) is 3.01. The molecule has 0 amide bonds. The van der Waals surface area contributed by atoms with E-state index in [0.717, 1.165) is 0 Å². The summed E-state index contributed by atoms with van der Waals surface area (Å²) in [5.41, 5.74) is 1.86. The van der Waals surface area contributed by atoms with Crippen molar-refractivity contribution in [1.82, 2.24) is 4.57 Å². The maximum atomic E-state index is 13.5. The topological polar surface area (TPSA) is 55.4 Å². The third-order valence-corrected chi connectivity index (χ3v) is 3.70. The Morgan fingerprint density at radius 1 is 1.24 bits per heavy atom. The van der Waals surface area contributed by atoms with Gasteiger partial charge in [-0.3, -0.25) is 4.57 Å². The Morgan fingerprint density at radius 2 is 1.90 bits per heavy atom. The van der Waals surface area contributed by atoms with Crippen molar-refractivity contribution in [3.05, 3.63) is 68.9 Å². The number of hydrogen-bond acceptors (Lipinski definition) is 3. The molecule has 3 rings (SSSR count). The normalized spacial score (nSPS) is 12.8. The molecule has 0 aliphatic heterocycles. The molecule has 0 spiro atoms. The molecule has 0 bridgehead atoms. The second-order valence-corrected chi connectivity index (χ2v) is 5.14. The number of oxazole rings is 1. The van der Waals surface area contributed by atoms with Crippen LogP contribution < -0.4 is 5.76 Å². The summed E-state index contributed by atoms with van der Waals surface area (Å²) in [5.74, 6) is -1.07. The van der Waals surface area contributed by atoms with Crippen LogP contribution in [0.5, 0.6) is 0 Å². The highest BCUT2D eigenvalue weighted by atomic mass is 35.5. The first kappa shape index (κ1) is 13.9. The third-order valence-electron chi connectivity index (χ3n) is 3.39. The van der Waals surface area contributed by atoms with Crippen LogP contribution in [0.4, 0.5) is 4.39 Å². The molecular weight excluding hydrogens is 297 g/mol. The lowest BCUT2D eigenvalue weighted by atomic mass is 10.0. The highest BCUT2D eigenvalue weighted by Crippen LogP contribution is 2.27. The first-order valence-electron chi connectivity index (χ1n) is 6.20. The van der Waals surface area contributed by atoms with Crippen molar-refractivity contribution >= 4 is 22.7 Å². The maximum absolute atomic E-state index is 13.5. The highest BCUT2D eigenvalue weighted by Gasteiger charge is 2.15. The van der Waals surface area contributed by atoms with Crippen LogP contribution >= 0.6 is 11.6 Å². The summed E-state index contributed by atoms with van der Waals surface area (Å²) in [5, 5.41) is 10.3. The Morgan fingerprint density at radius 3 is 2.62 bits per heavy atom. The average molecular weight is 308 g/mol. The molecule has 108 valence electrons. The van der Waals surface area contributed by atoms with E-state index < -0.39 is 17.7 Å². The molecule has 6 heteroatoms. The first-order valence-corrected chi connectivity index (χ1v) is 6.57. The number of halogens is 2. The van der Waals surface area contributed by atoms with Gasteiger partial charge in [0.25, 0.3) is 0 Å². The van der Waals surface area contributed by atoms with Crippen LogP contribution in [0, 0.1) is 5.82 Å². The van der Waals surface area contributed by atoms with Crippen LogP contribution in [0.15, 0.2) is 45.6 Å². The number of nitrogens with zero attached hydrogens (tertiary/aromatic N) is 1. The summed E-state index contributed by atoms with van der Waals surface area (Å²) in [6, 6.07) is 9.00. The molecule has 0 radical (unpaired) electrons. The van der Waals surface area contributed by atoms with Gasteiger partial charge >= 0.3 is 5.76 Å². The zero-order chi connectivity index (χ0) is 15.1. The number of aliphatic hydroxyl groups excluding tert-OH is 1. The van der Waals surface area contributed by atoms with Gasteiger partial charge in [0.05, 0.1) is 10.5 Å². The highest BCUT2D eigenvalue weighted by molar-refractivity contribution is 6.30. The minimum Gasteiger partial charge on any atom is -0.408 e. The molecule has 0 saturated heterocycles. The lowest BCUT2D eigenvalue weighted by Crippen LogP contribution is -2.08. The van der Waals surface area contributed by atoms with Crippen molar-refractivity contribution in [1.29, 1.82) is 0 Å². The van der Waals surface area contributed by atoms with Crippen LogP contribution in [-0.4, -0.2) is 9.67 Å². The number of aliphatic hydroxyl groups is 1. The van der Waals surface area contributed by atoms with Crippen molar-refractivity contribution in [3.63, 3.8) is 0 Å². The molecule has 0 saturated carbocycles. The molecule has 1 atom stereocenters. The van der Waals surface area contributed by atoms with E-state index in [1.165, 1.54) is 16.7 Å². The van der Waals surface area contributed by atoms with E-state index in [4.69, 9.17) is 16.0 Å². The van der Waals surface area contributed by atoms with Gasteiger partial charge in [-0.25, -0.2) is 9.18 Å². The van der Waals surface area contributed by atoms with Crippen molar-refractivity contribution in [2.75, 3.05) is 0 Å². The molecule has 21 heavy (non-hydrogen) atoms. The van der Waals surface area contributed by atoms with Gasteiger partial charge < -0.3 is 9.52 Å². The molecule has 3 aromatic rings. The Balaban J connectivity index is 2.06. The van der Waals surface area contributed by atoms with Crippen molar-refractivity contribution in [2.24, 2.45) is 7.05 Å². The molecule has 0 aliphatic rings. The first-order chi connectivity index (χ1) is 9.97. The molecule has 1 unspecified atom stereocenters. The SMILES string of the molecule is Cn1c(=O)oc2cc(C(O)c3ccc(Cl)c(F)c3)ccc21. The predicted molar refractivity (Wildman–Crippen MR) is 76.9 cm³/mol. The Bertz CT molecular complexity index is 884. The van der Waals surface area contributed by atoms with E-state index in [1.807, 2.05) is 0 Å². The van der Waals surface area contributed by atoms with Crippen LogP contribution in [0.3, 0.4) is 0 Å². The molecule has 1 aromatic heterocycles. The fraction of sp³-hybridized carbons (Fsp3) is 0.133. The number of rotatable bonds is 2. The summed E-state index contributed by atoms with van der Waals surface area (Å²) in [6.07, 6.45) is -1.04. The summed E-state index contributed by atoms with van der Waals surface area (Å²) in [7, 11) is 1.60. The van der Waals surface area contributed by atoms with E-state index in [9.17, 15) is 14.3 Å². The third kappa shape index (κ3) is 2.34. The number of aryl methyl sites for hydroxylation is 1. The Labute approximate surface area is 124 Å². The Kier molecular flexibility index (Phi) is 3.31. The smallest absolute Gasteiger partial charge is 0.408 e. The molecule has 0 aliphatic carbocycles. The molecular formula is C15H11ClFNO3. The maximum Gasteiger partial charge on any atom is 0.419 e. The standard InChI is InChI=1S/C15H11ClFNO3/c1-18-12-5-3-9(7-13(12)21-15(18)20)14(19)8-2-4-10(16)11(17)6-8/h2-7,14,19H,1H3. The number of fused-ring (bicyclic) bond motifs is 1. The summed E-state index contributed by atoms with van der Waals surface area (Å²) in [6.45, 7) is 0. The van der Waals surface area contributed by atoms with Crippen LogP contribution in [0.1, 0.15) is 17.2 Å². The molecule has 4 nitrogen and oxygen atoms in total. The zero-order valence-electron chi connectivity index (χ0n) is 11.0. The van der Waals surface area contributed by atoms with Crippen molar-refractivity contribution in [3.8, 4) is 0 Å². The minimum atomic E-state index is -1.04. The lowest BCUT2D eigenvalue weighted by Gasteiger charge is -2.12. The second-order valence-electron chi connectivity index (χ2n) is 4.73. The van der Waals surface area contributed by atoms with Gasteiger partial charge in [-0.2, -0.15) is 0 Å². The van der Waals surface area contributed by atoms with Gasteiger partial charge in [0.1, 0.15) is 11.9 Å². The zero-order valence-corrected chi connectivity index (χ0v) is 11.8. The average Bonchev–Trinajstić information content (AvgIpc) is 2.76. The fourth-order valence-corrected chi connectivity index (χ4v) is 2.31. The van der Waals surface area contributed by atoms with Crippen molar-refractivity contribution in [2.45, 2.75) is 6.10 Å². The van der Waals surface area contributed by atoms with E-state index >= 15 is 0 Å². The molecule has 1 heterocycles. The minimum absolute atomic E-state index is 0.00421. The molecule has 0 fully saturated rings. The van der Waals surface area contributed by atoms with Gasteiger partial charge in [-0.15, -0.1) is 0 Å². The van der Waals surface area contributed by atoms with E-state index in [0.29, 0.717) is 22.2 Å². The largest absolute Gasteiger partial charge is 0.419 e. The van der Waals surface area contributed by atoms with Gasteiger partial charge in [0.15, 0.2) is 5.58 Å². The van der Waals surface area contributed by atoms with E-state index in [-0.39, 0.29) is 5.02 Å². The number of benzene rings is 2. The van der Waals surface area contributed by atoms with E-state index in [1.54, 1.807) is 31.3 Å². The monoisotopic (exact) mass is 307 g/mol. The summed E-state index contributed by atoms with van der Waals surface area (Å²) >= 11 is 5.62. The number of hydrogen-bond donors (Lipinski definition) is 1. The van der Waals surface area contributed by atoms with Crippen LogP contribution in [-0.2, 0) is 7.05 Å². The van der Waals surface area contributed by atoms with Crippen LogP contribution in [0.25, 0.3) is 11.1 Å². The van der Waals surface area contributed by atoms with Crippen LogP contribution in [0.2, 0.25) is 5.02 Å². The van der Waals surface area contributed by atoms with Crippen molar-refractivity contribution < 1.29 is 13.9 Å². The Hall–Kier alpha value is -2.11. The lowest BCUT2D eigenvalue weighted by molar-refractivity contribution is 0.220. The second kappa shape index (κ2) is 5.02. The van der Waals surface area contributed by atoms with Gasteiger partial charge in [-0.1, -0.05) is 23.7 Å². The van der Waals surface area contributed by atoms with Gasteiger partial charge in [-0.05, 0) is 35.4 Å². The quantitative estimate of drug-likeness (QED) is 0.792. The fourth-order valence-electron chi connectivity index (χ4n) is 2.20. The molecule has 1 N–H and O–H groups in total. The summed E-state index contributed by atoms with van der Waals surface area (Å²) < 4.78 is 19.9. The summed E-state index contributed by atoms with van der Waals surface area (Å²) in [4.78, 5) is 11.4. The van der Waals surface area contributed by atoms with Gasteiger partial charge in [0.2, 0.25) is 0 Å². The van der Waals surface area contributed by atoms with E-state index in [2.05, 4.69) is 0 Å². The molecule has 2 aromatic carbocycles.